The molecular weight excluding hydrogens is 287 g/mol. The fourth-order valence-electron chi connectivity index (χ4n) is 2.70. The van der Waals surface area contributed by atoms with Gasteiger partial charge in [0.25, 0.3) is 0 Å². The van der Waals surface area contributed by atoms with E-state index in [1.54, 1.807) is 6.07 Å². The van der Waals surface area contributed by atoms with E-state index in [4.69, 9.17) is 4.43 Å². The molecule has 0 radical (unpaired) electrons. The zero-order valence-electron chi connectivity index (χ0n) is 12.7. The Hall–Kier alpha value is -1.71. The third-order valence-corrected chi connectivity index (χ3v) is 4.31. The maximum Gasteiger partial charge on any atom is 0.221 e. The second-order valence-electron chi connectivity index (χ2n) is 6.32. The van der Waals surface area contributed by atoms with Crippen LogP contribution in [-0.4, -0.2) is 14.2 Å². The smallest absolute Gasteiger partial charge is 0.221 e. The lowest BCUT2D eigenvalue weighted by atomic mass is 9.97. The number of aryl methyl sites for hydroxylation is 1. The minimum Gasteiger partial charge on any atom is -0.396 e. The predicted octanol–water partition coefficient (Wildman–Crippen LogP) is 3.30. The lowest BCUT2D eigenvalue weighted by Gasteiger charge is -2.31. The molecule has 1 amide bonds. The monoisotopic (exact) mass is 306 g/mol. The van der Waals surface area contributed by atoms with Gasteiger partial charge in [0.05, 0.1) is 5.69 Å². The summed E-state index contributed by atoms with van der Waals surface area (Å²) in [5.41, 5.74) is 0.553. The summed E-state index contributed by atoms with van der Waals surface area (Å²) in [6.07, 6.45) is 1.16. The molecule has 0 aliphatic heterocycles. The number of benzene rings is 1. The summed E-state index contributed by atoms with van der Waals surface area (Å²) < 4.78 is 20.2. The van der Waals surface area contributed by atoms with Gasteiger partial charge >= 0.3 is 0 Å². The first kappa shape index (κ1) is 15.7. The molecule has 1 aromatic carbocycles. The van der Waals surface area contributed by atoms with Gasteiger partial charge in [-0.3, -0.25) is 4.79 Å². The van der Waals surface area contributed by atoms with E-state index in [2.05, 4.69) is 11.4 Å². The lowest BCUT2D eigenvalue weighted by Crippen LogP contribution is -2.38. The Morgan fingerprint density at radius 2 is 2.14 bits per heavy atom. The maximum atomic E-state index is 14.1. The van der Waals surface area contributed by atoms with Gasteiger partial charge in [0.2, 0.25) is 5.91 Å². The minimum atomic E-state index is -1.96. The number of anilines is 1. The molecule has 1 N–H and O–H groups in total. The summed E-state index contributed by atoms with van der Waals surface area (Å²) in [4.78, 5) is 11.1. The van der Waals surface area contributed by atoms with Gasteiger partial charge in [0, 0.05) is 12.5 Å². The third-order valence-electron chi connectivity index (χ3n) is 3.35. The first-order valence-corrected chi connectivity index (χ1v) is 10.3. The van der Waals surface area contributed by atoms with Crippen molar-refractivity contribution in [3.05, 3.63) is 29.1 Å². The van der Waals surface area contributed by atoms with E-state index < -0.39 is 19.7 Å². The van der Waals surface area contributed by atoms with Gasteiger partial charge in [-0.2, -0.15) is 5.26 Å². The van der Waals surface area contributed by atoms with Gasteiger partial charge in [-0.05, 0) is 50.2 Å². The van der Waals surface area contributed by atoms with Crippen molar-refractivity contribution >= 4 is 19.9 Å². The van der Waals surface area contributed by atoms with E-state index in [0.717, 1.165) is 5.56 Å². The van der Waals surface area contributed by atoms with Gasteiger partial charge < -0.3 is 9.74 Å². The number of carbonyl (C=O) groups excluding carboxylic acids is 1. The highest BCUT2D eigenvalue weighted by Crippen LogP contribution is 2.43. The highest BCUT2D eigenvalue weighted by Gasteiger charge is 2.44. The summed E-state index contributed by atoms with van der Waals surface area (Å²) in [5.74, 6) is -0.860. The van der Waals surface area contributed by atoms with E-state index in [9.17, 15) is 14.4 Å². The normalized spacial score (nSPS) is 20.8. The number of hydrogen-bond acceptors (Lipinski definition) is 3. The zero-order valence-corrected chi connectivity index (χ0v) is 13.7. The molecular formula is C15H19FN2O2Si. The number of carbonyl (C=O) groups is 1. The number of hydrogen-bond donors (Lipinski definition) is 1. The van der Waals surface area contributed by atoms with Crippen molar-refractivity contribution in [1.82, 2.24) is 0 Å². The topological polar surface area (TPSA) is 62.1 Å². The molecule has 1 aliphatic carbocycles. The van der Waals surface area contributed by atoms with Gasteiger partial charge in [-0.15, -0.1) is 0 Å². The summed E-state index contributed by atoms with van der Waals surface area (Å²) in [6.45, 7) is 7.35. The largest absolute Gasteiger partial charge is 0.396 e. The van der Waals surface area contributed by atoms with Crippen molar-refractivity contribution in [2.45, 2.75) is 45.0 Å². The Bertz CT molecular complexity index is 634. The highest BCUT2D eigenvalue weighted by molar-refractivity contribution is 6.69. The second kappa shape index (κ2) is 5.24. The molecule has 1 aromatic rings. The lowest BCUT2D eigenvalue weighted by molar-refractivity contribution is -0.114. The summed E-state index contributed by atoms with van der Waals surface area (Å²) in [6, 6.07) is 5.18. The van der Waals surface area contributed by atoms with Crippen LogP contribution in [0.2, 0.25) is 19.6 Å². The van der Waals surface area contributed by atoms with E-state index in [1.165, 1.54) is 13.0 Å². The fraction of sp³-hybridized carbons (Fsp3) is 0.467. The van der Waals surface area contributed by atoms with Crippen LogP contribution in [0.5, 0.6) is 0 Å². The van der Waals surface area contributed by atoms with E-state index in [0.29, 0.717) is 18.4 Å². The Morgan fingerprint density at radius 3 is 2.67 bits per heavy atom. The molecule has 112 valence electrons. The summed E-state index contributed by atoms with van der Waals surface area (Å²) in [5, 5.41) is 12.1. The molecule has 0 aromatic heterocycles. The predicted molar refractivity (Wildman–Crippen MR) is 80.7 cm³/mol. The van der Waals surface area contributed by atoms with Crippen molar-refractivity contribution in [2.75, 3.05) is 5.32 Å². The van der Waals surface area contributed by atoms with Gasteiger partial charge in [-0.25, -0.2) is 4.39 Å². The summed E-state index contributed by atoms with van der Waals surface area (Å²) in [7, 11) is -1.96. The number of fused-ring (bicyclic) bond motifs is 1. The van der Waals surface area contributed by atoms with Crippen LogP contribution < -0.4 is 5.32 Å². The van der Waals surface area contributed by atoms with Crippen LogP contribution in [0, 0.1) is 17.1 Å². The molecule has 6 heteroatoms. The average molecular weight is 306 g/mol. The van der Waals surface area contributed by atoms with Crippen LogP contribution in [0.3, 0.4) is 0 Å². The van der Waals surface area contributed by atoms with Crippen LogP contribution in [0.25, 0.3) is 0 Å². The maximum absolute atomic E-state index is 14.1. The van der Waals surface area contributed by atoms with Crippen molar-refractivity contribution in [3.8, 4) is 6.07 Å². The number of nitrogens with one attached hydrogen (secondary N) is 1. The number of rotatable bonds is 3. The molecule has 4 nitrogen and oxygen atoms in total. The van der Waals surface area contributed by atoms with E-state index in [-0.39, 0.29) is 11.6 Å². The van der Waals surface area contributed by atoms with E-state index in [1.807, 2.05) is 19.6 Å². The molecule has 1 aliphatic rings. The number of nitrogens with zero attached hydrogens (tertiary/aromatic N) is 1. The van der Waals surface area contributed by atoms with Crippen LogP contribution >= 0.6 is 0 Å². The molecule has 1 unspecified atom stereocenters. The van der Waals surface area contributed by atoms with Crippen molar-refractivity contribution in [2.24, 2.45) is 0 Å². The molecule has 21 heavy (non-hydrogen) atoms. The van der Waals surface area contributed by atoms with Gasteiger partial charge in [-0.1, -0.05) is 0 Å². The Balaban J connectivity index is 2.47. The number of amides is 1. The third kappa shape index (κ3) is 3.14. The second-order valence-corrected chi connectivity index (χ2v) is 10.8. The Kier molecular flexibility index (Phi) is 3.91. The molecule has 0 bridgehead atoms. The molecule has 0 saturated carbocycles. The summed E-state index contributed by atoms with van der Waals surface area (Å²) >= 11 is 0. The molecule has 2 rings (SSSR count). The number of nitriles is 1. The zero-order chi connectivity index (χ0) is 15.8. The molecule has 0 heterocycles. The Morgan fingerprint density at radius 1 is 1.48 bits per heavy atom. The van der Waals surface area contributed by atoms with Crippen molar-refractivity contribution in [3.63, 3.8) is 0 Å². The first-order chi connectivity index (χ1) is 9.67. The van der Waals surface area contributed by atoms with Crippen molar-refractivity contribution in [1.29, 1.82) is 5.26 Å². The molecule has 0 saturated heterocycles. The van der Waals surface area contributed by atoms with Gasteiger partial charge in [0.15, 0.2) is 13.9 Å². The van der Waals surface area contributed by atoms with Crippen LogP contribution in [0.15, 0.2) is 12.1 Å². The quantitative estimate of drug-likeness (QED) is 0.872. The minimum absolute atomic E-state index is 0.156. The molecule has 0 fully saturated rings. The highest BCUT2D eigenvalue weighted by atomic mass is 28.4. The van der Waals surface area contributed by atoms with Crippen LogP contribution in [0.1, 0.15) is 24.5 Å². The van der Waals surface area contributed by atoms with E-state index >= 15 is 0 Å². The fourth-order valence-corrected chi connectivity index (χ4v) is 4.00. The first-order valence-electron chi connectivity index (χ1n) is 6.89. The average Bonchev–Trinajstić information content (AvgIpc) is 2.66. The number of halogens is 1. The van der Waals surface area contributed by atoms with Crippen LogP contribution in [0.4, 0.5) is 10.1 Å². The standard InChI is InChI=1S/C15H19FN2O2Si/c1-10(19)18-14-7-11-5-6-15(9-17,20-21(2,3)4)12(11)8-13(14)16/h7-8H,5-6H2,1-4H3,(H,18,19). The Labute approximate surface area is 125 Å². The van der Waals surface area contributed by atoms with Gasteiger partial charge in [0.1, 0.15) is 11.9 Å². The van der Waals surface area contributed by atoms with Crippen LogP contribution in [-0.2, 0) is 21.2 Å². The SMILES string of the molecule is CC(=O)Nc1cc2c(cc1F)C(C#N)(O[Si](C)(C)C)CC2. The molecule has 1 atom stereocenters. The molecule has 0 spiro atoms. The van der Waals surface area contributed by atoms with Crippen molar-refractivity contribution < 1.29 is 13.6 Å².